The van der Waals surface area contributed by atoms with Crippen molar-refractivity contribution >= 4 is 44.7 Å². The van der Waals surface area contributed by atoms with Gasteiger partial charge in [0.2, 0.25) is 0 Å². The summed E-state index contributed by atoms with van der Waals surface area (Å²) in [5.41, 5.74) is 3.90. The first-order chi connectivity index (χ1) is 19.4. The number of halogens is 1. The molecule has 3 aromatic rings. The summed E-state index contributed by atoms with van der Waals surface area (Å²) in [4.78, 5) is 38.5. The van der Waals surface area contributed by atoms with Crippen molar-refractivity contribution in [3.8, 4) is 0 Å². The highest BCUT2D eigenvalue weighted by molar-refractivity contribution is 9.10. The number of carboxylic acid groups (broad SMARTS) is 2. The molecule has 3 heterocycles. The molecule has 1 fully saturated rings. The van der Waals surface area contributed by atoms with Crippen molar-refractivity contribution in [3.05, 3.63) is 64.0 Å². The number of hydrogen-bond donors (Lipinski definition) is 4. The predicted molar refractivity (Wildman–Crippen MR) is 149 cm³/mol. The fraction of sp³-hybridized carbons (Fsp3) is 0.429. The van der Waals surface area contributed by atoms with E-state index in [0.717, 1.165) is 23.9 Å². The highest BCUT2D eigenvalue weighted by Gasteiger charge is 2.51. The molecule has 2 aromatic heterocycles. The molecule has 1 aromatic carbocycles. The van der Waals surface area contributed by atoms with Gasteiger partial charge in [-0.2, -0.15) is 0 Å². The zero-order chi connectivity index (χ0) is 30.1. The number of fused-ring (bicyclic) bond motifs is 2. The third-order valence-electron chi connectivity index (χ3n) is 7.73. The Morgan fingerprint density at radius 1 is 1.15 bits per heavy atom. The number of ether oxygens (including phenoxy) is 2. The molecular formula is C28H32BrN3O9. The molecule has 5 rings (SSSR count). The molecule has 2 aliphatic rings. The molecule has 0 spiro atoms. The number of hydrogen-bond acceptors (Lipinski definition) is 9. The summed E-state index contributed by atoms with van der Waals surface area (Å²) in [7, 11) is 6.07. The van der Waals surface area contributed by atoms with Crippen molar-refractivity contribution in [1.82, 2.24) is 14.5 Å². The lowest BCUT2D eigenvalue weighted by Gasteiger charge is -2.53. The van der Waals surface area contributed by atoms with Crippen LogP contribution >= 0.6 is 15.9 Å². The first-order valence-corrected chi connectivity index (χ1v) is 13.6. The summed E-state index contributed by atoms with van der Waals surface area (Å²) in [5, 5.41) is 33.8. The van der Waals surface area contributed by atoms with E-state index in [9.17, 15) is 14.4 Å². The number of aromatic nitrogens is 2. The average molecular weight is 634 g/mol. The molecule has 0 amide bonds. The molecule has 1 saturated heterocycles. The summed E-state index contributed by atoms with van der Waals surface area (Å²) in [5.74, 6) is -3.71. The van der Waals surface area contributed by atoms with Crippen LogP contribution in [-0.2, 0) is 38.1 Å². The van der Waals surface area contributed by atoms with Gasteiger partial charge in [-0.25, -0.2) is 14.4 Å². The van der Waals surface area contributed by atoms with E-state index >= 15 is 0 Å². The number of carboxylic acids is 2. The van der Waals surface area contributed by atoms with E-state index in [1.807, 2.05) is 7.11 Å². The van der Waals surface area contributed by atoms with Crippen LogP contribution < -0.4 is 0 Å². The van der Waals surface area contributed by atoms with Gasteiger partial charge in [-0.1, -0.05) is 12.1 Å². The zero-order valence-corrected chi connectivity index (χ0v) is 24.3. The van der Waals surface area contributed by atoms with Crippen LogP contribution in [0.4, 0.5) is 0 Å². The summed E-state index contributed by atoms with van der Waals surface area (Å²) in [6.45, 7) is 1.21. The molecule has 12 nitrogen and oxygen atoms in total. The van der Waals surface area contributed by atoms with Crippen LogP contribution in [-0.4, -0.2) is 98.3 Å². The Balaban J connectivity index is 0.000000334. The lowest BCUT2D eigenvalue weighted by atomic mass is 9.69. The van der Waals surface area contributed by atoms with E-state index in [1.165, 1.54) is 28.2 Å². The summed E-state index contributed by atoms with van der Waals surface area (Å²) < 4.78 is 15.0. The Labute approximate surface area is 244 Å². The van der Waals surface area contributed by atoms with E-state index in [2.05, 4.69) is 68.9 Å². The summed E-state index contributed by atoms with van der Waals surface area (Å²) in [6.07, 6.45) is 2.67. The molecule has 5 atom stereocenters. The van der Waals surface area contributed by atoms with Gasteiger partial charge in [0, 0.05) is 66.6 Å². The first-order valence-electron chi connectivity index (χ1n) is 12.8. The second kappa shape index (κ2) is 12.2. The highest BCUT2D eigenvalue weighted by Crippen LogP contribution is 2.49. The maximum absolute atomic E-state index is 12.5. The van der Waals surface area contributed by atoms with Gasteiger partial charge in [0.15, 0.2) is 12.2 Å². The Bertz CT molecular complexity index is 1440. The minimum Gasteiger partial charge on any atom is -0.479 e. The Morgan fingerprint density at radius 2 is 1.83 bits per heavy atom. The van der Waals surface area contributed by atoms with Crippen molar-refractivity contribution in [2.24, 2.45) is 13.0 Å². The SMILES string of the molecule is COC12C[C@@H](COC(=O)c3cncc(Br)c3)CN(C)[C@@H]1Cc1cn(C)c3cccc2c13.O=C(O)C(O)C(O)C(=O)O. The van der Waals surface area contributed by atoms with Gasteiger partial charge in [0.05, 0.1) is 12.2 Å². The molecule has 1 aliphatic heterocycles. The van der Waals surface area contributed by atoms with Crippen LogP contribution in [0.3, 0.4) is 0 Å². The Hall–Kier alpha value is -3.36. The number of aliphatic hydroxyl groups is 2. The molecule has 0 bridgehead atoms. The number of piperidine rings is 1. The van der Waals surface area contributed by atoms with Gasteiger partial charge in [0.25, 0.3) is 0 Å². The number of likely N-dealkylation sites (N-methyl/N-ethyl adjacent to an activating group) is 1. The lowest BCUT2D eigenvalue weighted by molar-refractivity contribution is -0.165. The van der Waals surface area contributed by atoms with E-state index in [-0.39, 0.29) is 17.9 Å². The number of benzene rings is 1. The topological polar surface area (TPSA) is 172 Å². The number of carbonyl (C=O) groups excluding carboxylic acids is 1. The number of nitrogens with zero attached hydrogens (tertiary/aromatic N) is 3. The van der Waals surface area contributed by atoms with Crippen molar-refractivity contribution in [2.75, 3.05) is 27.3 Å². The monoisotopic (exact) mass is 633 g/mol. The smallest absolute Gasteiger partial charge is 0.339 e. The van der Waals surface area contributed by atoms with Crippen LogP contribution in [0.2, 0.25) is 0 Å². The average Bonchev–Trinajstić information content (AvgIpc) is 3.27. The second-order valence-corrected chi connectivity index (χ2v) is 11.3. The molecule has 1 aliphatic carbocycles. The van der Waals surface area contributed by atoms with Crippen molar-refractivity contribution < 1.29 is 44.3 Å². The summed E-state index contributed by atoms with van der Waals surface area (Å²) in [6, 6.07) is 8.47. The Kier molecular flexibility index (Phi) is 9.14. The van der Waals surface area contributed by atoms with E-state index in [1.54, 1.807) is 12.3 Å². The van der Waals surface area contributed by atoms with Crippen molar-refractivity contribution in [2.45, 2.75) is 36.7 Å². The molecule has 13 heteroatoms. The van der Waals surface area contributed by atoms with Crippen molar-refractivity contribution in [1.29, 1.82) is 0 Å². The van der Waals surface area contributed by atoms with Crippen LogP contribution in [0.1, 0.15) is 27.9 Å². The fourth-order valence-electron chi connectivity index (χ4n) is 5.90. The molecule has 3 unspecified atom stereocenters. The number of likely N-dealkylation sites (tertiary alicyclic amines) is 1. The highest BCUT2D eigenvalue weighted by atomic mass is 79.9. The largest absolute Gasteiger partial charge is 0.479 e. The fourth-order valence-corrected chi connectivity index (χ4v) is 6.26. The van der Waals surface area contributed by atoms with E-state index in [4.69, 9.17) is 29.9 Å². The van der Waals surface area contributed by atoms with Gasteiger partial charge in [0.1, 0.15) is 5.60 Å². The molecular weight excluding hydrogens is 602 g/mol. The van der Waals surface area contributed by atoms with Crippen LogP contribution in [0.15, 0.2) is 47.3 Å². The lowest BCUT2D eigenvalue weighted by Crippen LogP contribution is -2.59. The normalized spacial score (nSPS) is 23.1. The standard InChI is InChI=1S/C24H26BrN3O3.C4H6O6/c1-27-13-17-8-21-24(30-3,19-5-4-6-20(27)22(17)19)9-15(12-28(21)2)14-31-23(29)16-7-18(25)11-26-10-16;5-1(3(7)8)2(6)4(9)10/h4-7,10-11,13,15,21H,8-9,12,14H2,1-3H3;1-2,5-6H,(H,7,8)(H,9,10)/t15-,21-,24?;/m1./s1. The van der Waals surface area contributed by atoms with Crippen LogP contribution in [0.5, 0.6) is 0 Å². The van der Waals surface area contributed by atoms with E-state index in [0.29, 0.717) is 12.2 Å². The second-order valence-electron chi connectivity index (χ2n) is 10.3. The number of rotatable bonds is 7. The molecule has 220 valence electrons. The molecule has 0 radical (unpaired) electrons. The minimum atomic E-state index is -2.27. The molecule has 0 saturated carbocycles. The van der Waals surface area contributed by atoms with Crippen LogP contribution in [0.25, 0.3) is 10.9 Å². The quantitative estimate of drug-likeness (QED) is 0.279. The number of aliphatic hydroxyl groups excluding tert-OH is 2. The molecule has 41 heavy (non-hydrogen) atoms. The van der Waals surface area contributed by atoms with Crippen LogP contribution in [0, 0.1) is 5.92 Å². The number of aliphatic carboxylic acids is 2. The number of esters is 1. The maximum atomic E-state index is 12.5. The van der Waals surface area contributed by atoms with Gasteiger partial charge in [-0.05, 0) is 59.1 Å². The third-order valence-corrected chi connectivity index (χ3v) is 8.16. The Morgan fingerprint density at radius 3 is 2.44 bits per heavy atom. The number of carbonyl (C=O) groups is 3. The zero-order valence-electron chi connectivity index (χ0n) is 22.7. The van der Waals surface area contributed by atoms with Gasteiger partial charge >= 0.3 is 17.9 Å². The van der Waals surface area contributed by atoms with Gasteiger partial charge < -0.3 is 34.5 Å². The minimum absolute atomic E-state index is 0.172. The number of pyridine rings is 1. The predicted octanol–water partition coefficient (Wildman–Crippen LogP) is 1.79. The third kappa shape index (κ3) is 5.99. The van der Waals surface area contributed by atoms with Gasteiger partial charge in [-0.3, -0.25) is 9.88 Å². The number of aryl methyl sites for hydroxylation is 1. The van der Waals surface area contributed by atoms with Gasteiger partial charge in [-0.15, -0.1) is 0 Å². The number of methoxy groups -OCH3 is 1. The van der Waals surface area contributed by atoms with E-state index < -0.39 is 29.7 Å². The maximum Gasteiger partial charge on any atom is 0.339 e. The van der Waals surface area contributed by atoms with Crippen molar-refractivity contribution in [3.63, 3.8) is 0 Å². The molecule has 4 N–H and O–H groups in total. The summed E-state index contributed by atoms with van der Waals surface area (Å²) >= 11 is 3.35. The first kappa shape index (κ1) is 30.6.